The van der Waals surface area contributed by atoms with Crippen molar-refractivity contribution in [1.82, 2.24) is 0 Å². The van der Waals surface area contributed by atoms with Crippen molar-refractivity contribution >= 4 is 31.3 Å². The molecule has 2 aromatic carbocycles. The van der Waals surface area contributed by atoms with Crippen molar-refractivity contribution in [2.75, 3.05) is 26.1 Å². The Morgan fingerprint density at radius 1 is 1.18 bits per heavy atom. The number of carbonyl (C=O) groups excluding carboxylic acids is 2. The lowest BCUT2D eigenvalue weighted by Gasteiger charge is -2.46. The number of carbonyl (C=O) groups is 2. The molecule has 3 rings (SSSR count). The molecule has 0 saturated carbocycles. The number of benzene rings is 2. The van der Waals surface area contributed by atoms with Crippen LogP contribution >= 0.6 is 19.7 Å². The van der Waals surface area contributed by atoms with Gasteiger partial charge in [-0.05, 0) is 30.5 Å². The summed E-state index contributed by atoms with van der Waals surface area (Å²) < 4.78 is 18.0. The maximum Gasteiger partial charge on any atom is 0.338 e. The van der Waals surface area contributed by atoms with Crippen LogP contribution in [-0.2, 0) is 25.2 Å². The molecular weight excluding hydrogens is 455 g/mol. The zero-order chi connectivity index (χ0) is 24.1. The lowest BCUT2D eigenvalue weighted by molar-refractivity contribution is -0.256. The molecule has 0 aliphatic carbocycles. The number of hydrogen-bond donors (Lipinski definition) is 0. The van der Waals surface area contributed by atoms with E-state index in [4.69, 9.17) is 14.2 Å². The first kappa shape index (κ1) is 27.5. The van der Waals surface area contributed by atoms with Crippen molar-refractivity contribution in [3.05, 3.63) is 71.8 Å². The first-order valence-electron chi connectivity index (χ1n) is 11.3. The van der Waals surface area contributed by atoms with E-state index in [-0.39, 0.29) is 17.7 Å². The maximum absolute atomic E-state index is 12.6. The van der Waals surface area contributed by atoms with Crippen LogP contribution in [-0.4, -0.2) is 55.3 Å². The van der Waals surface area contributed by atoms with Gasteiger partial charge in [0.15, 0.2) is 11.4 Å². The van der Waals surface area contributed by atoms with E-state index in [0.29, 0.717) is 30.8 Å². The first-order chi connectivity index (χ1) is 16.1. The van der Waals surface area contributed by atoms with Crippen molar-refractivity contribution in [1.29, 1.82) is 0 Å². The van der Waals surface area contributed by atoms with Gasteiger partial charge < -0.3 is 14.2 Å². The largest absolute Gasteiger partial charge is 0.458 e. The lowest BCUT2D eigenvalue weighted by atomic mass is 9.99. The second kappa shape index (κ2) is 14.5. The Balaban J connectivity index is 0.00000187. The monoisotopic (exact) mass is 490 g/mol. The number of rotatable bonds is 10. The Morgan fingerprint density at radius 3 is 2.42 bits per heavy atom. The summed E-state index contributed by atoms with van der Waals surface area (Å²) in [5, 5.41) is 0. The van der Waals surface area contributed by atoms with E-state index < -0.39 is 13.7 Å². The number of ether oxygens (including phenoxy) is 3. The summed E-state index contributed by atoms with van der Waals surface area (Å²) in [5.74, 6) is -0.615. The lowest BCUT2D eigenvalue weighted by Crippen LogP contribution is -2.53. The average molecular weight is 491 g/mol. The minimum atomic E-state index is -0.884. The average Bonchev–Trinajstić information content (AvgIpc) is 2.87. The molecule has 0 radical (unpaired) electrons. The Kier molecular flexibility index (Phi) is 12.1. The normalized spacial score (nSPS) is 21.8. The fourth-order valence-electron chi connectivity index (χ4n) is 3.95. The first-order valence-corrected chi connectivity index (χ1v) is 14.4. The number of thioether (sulfide) groups is 1. The number of esters is 1. The molecule has 5 nitrogen and oxygen atoms in total. The molecule has 180 valence electrons. The van der Waals surface area contributed by atoms with Gasteiger partial charge in [0, 0.05) is 31.4 Å². The molecule has 1 aliphatic rings. The predicted molar refractivity (Wildman–Crippen MR) is 138 cm³/mol. The molecule has 1 heterocycles. The molecule has 0 N–H and O–H groups in total. The third-order valence-corrected chi connectivity index (χ3v) is 8.98. The fourth-order valence-corrected chi connectivity index (χ4v) is 7.70. The van der Waals surface area contributed by atoms with Crippen molar-refractivity contribution < 1.29 is 23.8 Å². The zero-order valence-corrected chi connectivity index (χ0v) is 21.6. The molecular formula is C26H35O5PS. The van der Waals surface area contributed by atoms with Gasteiger partial charge in [-0.15, -0.1) is 0 Å². The van der Waals surface area contributed by atoms with Gasteiger partial charge in [0.2, 0.25) is 0 Å². The molecule has 2 aromatic rings. The molecule has 7 heteroatoms. The third kappa shape index (κ3) is 7.92. The molecule has 1 aliphatic heterocycles. The van der Waals surface area contributed by atoms with Gasteiger partial charge in [0.25, 0.3) is 0 Å². The smallest absolute Gasteiger partial charge is 0.338 e. The van der Waals surface area contributed by atoms with Crippen LogP contribution in [0.1, 0.15) is 42.6 Å². The molecule has 0 amide bonds. The quantitative estimate of drug-likeness (QED) is 0.231. The van der Waals surface area contributed by atoms with Gasteiger partial charge in [-0.1, -0.05) is 82.1 Å². The van der Waals surface area contributed by atoms with Gasteiger partial charge in [0.05, 0.1) is 12.2 Å². The Bertz CT molecular complexity index is 835. The van der Waals surface area contributed by atoms with Crippen molar-refractivity contribution in [2.24, 2.45) is 0 Å². The van der Waals surface area contributed by atoms with Crippen molar-refractivity contribution in [2.45, 2.75) is 50.4 Å². The topological polar surface area (TPSA) is 61.8 Å². The molecule has 4 atom stereocenters. The molecule has 1 fully saturated rings. The van der Waals surface area contributed by atoms with Gasteiger partial charge >= 0.3 is 5.97 Å². The van der Waals surface area contributed by atoms with Crippen LogP contribution in [0.2, 0.25) is 0 Å². The van der Waals surface area contributed by atoms with Gasteiger partial charge in [-0.3, -0.25) is 4.79 Å². The number of hydrogen-bond acceptors (Lipinski definition) is 6. The third-order valence-electron chi connectivity index (χ3n) is 5.56. The Morgan fingerprint density at radius 2 is 1.82 bits per heavy atom. The SMILES string of the molecule is CC.COC1(C(CSC=O)P(C)Cc2ccccc2)CC(OC(=O)c2ccccc2)CCO1. The molecule has 33 heavy (non-hydrogen) atoms. The van der Waals surface area contributed by atoms with E-state index in [1.807, 2.05) is 50.2 Å². The van der Waals surface area contributed by atoms with E-state index in [1.165, 1.54) is 17.3 Å². The summed E-state index contributed by atoms with van der Waals surface area (Å²) in [6, 6.07) is 19.3. The number of methoxy groups -OCH3 is 1. The standard InChI is InChI=1S/C24H29O5PS.C2H6/c1-27-24(22(17-31-18-25)30(2)16-19-9-5-3-6-10-19)15-21(13-14-28-24)29-23(26)20-11-7-4-8-12-20;1-2/h3-12,18,21-22H,13-17H2,1-2H3;1-2H3. The van der Waals surface area contributed by atoms with E-state index >= 15 is 0 Å². The highest BCUT2D eigenvalue weighted by Crippen LogP contribution is 2.51. The van der Waals surface area contributed by atoms with Crippen molar-refractivity contribution in [3.63, 3.8) is 0 Å². The fraction of sp³-hybridized carbons (Fsp3) is 0.462. The van der Waals surface area contributed by atoms with E-state index in [9.17, 15) is 9.59 Å². The maximum atomic E-state index is 12.6. The van der Waals surface area contributed by atoms with Crippen molar-refractivity contribution in [3.8, 4) is 0 Å². The van der Waals surface area contributed by atoms with Crippen LogP contribution in [0.15, 0.2) is 60.7 Å². The van der Waals surface area contributed by atoms with Crippen LogP contribution in [0.25, 0.3) is 0 Å². The Labute approximate surface area is 203 Å². The summed E-state index contributed by atoms with van der Waals surface area (Å²) in [7, 11) is 1.08. The minimum Gasteiger partial charge on any atom is -0.458 e. The summed E-state index contributed by atoms with van der Waals surface area (Å²) >= 11 is 1.24. The van der Waals surface area contributed by atoms with Gasteiger partial charge in [-0.25, -0.2) is 4.79 Å². The molecule has 0 spiro atoms. The van der Waals surface area contributed by atoms with Crippen LogP contribution in [0.3, 0.4) is 0 Å². The summed E-state index contributed by atoms with van der Waals surface area (Å²) in [5.41, 5.74) is 2.68. The molecule has 0 bridgehead atoms. The second-order valence-corrected chi connectivity index (χ2v) is 10.9. The second-order valence-electron chi connectivity index (χ2n) is 7.60. The highest BCUT2D eigenvalue weighted by molar-refractivity contribution is 8.12. The molecule has 1 saturated heterocycles. The minimum absolute atomic E-state index is 0.0149. The molecule has 4 unspecified atom stereocenters. The summed E-state index contributed by atoms with van der Waals surface area (Å²) in [4.78, 5) is 23.7. The zero-order valence-electron chi connectivity index (χ0n) is 19.9. The van der Waals surface area contributed by atoms with Crippen LogP contribution in [0, 0.1) is 0 Å². The van der Waals surface area contributed by atoms with Crippen LogP contribution in [0.4, 0.5) is 0 Å². The van der Waals surface area contributed by atoms with E-state index in [0.717, 1.165) is 11.8 Å². The highest BCUT2D eigenvalue weighted by atomic mass is 32.2. The highest BCUT2D eigenvalue weighted by Gasteiger charge is 2.47. The Hall–Kier alpha value is -1.72. The van der Waals surface area contributed by atoms with Crippen LogP contribution < -0.4 is 0 Å². The van der Waals surface area contributed by atoms with Crippen LogP contribution in [0.5, 0.6) is 0 Å². The summed E-state index contributed by atoms with van der Waals surface area (Å²) in [6.07, 6.45) is 1.68. The van der Waals surface area contributed by atoms with E-state index in [1.54, 1.807) is 19.2 Å². The predicted octanol–water partition coefficient (Wildman–Crippen LogP) is 6.00. The van der Waals surface area contributed by atoms with Gasteiger partial charge in [0.1, 0.15) is 6.10 Å². The molecule has 0 aromatic heterocycles. The van der Waals surface area contributed by atoms with E-state index in [2.05, 4.69) is 18.8 Å². The van der Waals surface area contributed by atoms with Gasteiger partial charge in [-0.2, -0.15) is 0 Å². The summed E-state index contributed by atoms with van der Waals surface area (Å²) in [6.45, 7) is 6.67.